The second-order valence-electron chi connectivity index (χ2n) is 8.30. The summed E-state index contributed by atoms with van der Waals surface area (Å²) in [5.74, 6) is -0.489. The summed E-state index contributed by atoms with van der Waals surface area (Å²) < 4.78 is 34.4. The highest BCUT2D eigenvalue weighted by Gasteiger charge is 2.38. The van der Waals surface area contributed by atoms with Crippen LogP contribution in [0.5, 0.6) is 0 Å². The smallest absolute Gasteiger partial charge is 0.459 e. The molecule has 1 aliphatic rings. The Morgan fingerprint density at radius 2 is 2.03 bits per heavy atom. The second-order valence-corrected chi connectivity index (χ2v) is 9.76. The van der Waals surface area contributed by atoms with Crippen molar-refractivity contribution in [2.24, 2.45) is 5.11 Å². The molecule has 1 aromatic heterocycles. The summed E-state index contributed by atoms with van der Waals surface area (Å²) in [5, 5.41) is 3.62. The Morgan fingerprint density at radius 1 is 1.33 bits per heavy atom. The number of phosphoric acid groups is 1. The second kappa shape index (κ2) is 11.7. The topological polar surface area (TPSA) is 195 Å². The SMILES string of the molecule is Cc1cn([C@H]2C[C@H](N=[N+]=[N-])[C@@H](COP(=O)(O)OCc3ccc(C(=O)OC(C)C)cc3)O2)c(=O)[nH]c1=O. The molecule has 15 heteroatoms. The fourth-order valence-corrected chi connectivity index (χ4v) is 4.13. The molecule has 0 aliphatic carbocycles. The molecule has 1 unspecified atom stereocenters. The van der Waals surface area contributed by atoms with E-state index in [1.165, 1.54) is 25.3 Å². The van der Waals surface area contributed by atoms with Gasteiger partial charge in [-0.2, -0.15) is 0 Å². The maximum atomic E-state index is 12.4. The van der Waals surface area contributed by atoms with Crippen LogP contribution in [0.4, 0.5) is 0 Å². The van der Waals surface area contributed by atoms with Gasteiger partial charge in [0.15, 0.2) is 0 Å². The van der Waals surface area contributed by atoms with E-state index in [4.69, 9.17) is 24.1 Å². The molecule has 0 radical (unpaired) electrons. The molecule has 1 fully saturated rings. The van der Waals surface area contributed by atoms with Crippen LogP contribution in [0.15, 0.2) is 45.2 Å². The minimum absolute atomic E-state index is 0.0751. The lowest BCUT2D eigenvalue weighted by atomic mass is 10.1. The monoisotopic (exact) mass is 523 g/mol. The van der Waals surface area contributed by atoms with Gasteiger partial charge in [-0.1, -0.05) is 17.2 Å². The Hall–Kier alpha value is -3.25. The number of carbonyl (C=O) groups excluding carboxylic acids is 1. The molecule has 1 aliphatic heterocycles. The zero-order valence-electron chi connectivity index (χ0n) is 19.8. The number of azide groups is 1. The van der Waals surface area contributed by atoms with E-state index in [1.54, 1.807) is 26.0 Å². The molecule has 0 saturated carbocycles. The summed E-state index contributed by atoms with van der Waals surface area (Å²) in [5.41, 5.74) is 8.71. The third kappa shape index (κ3) is 7.14. The van der Waals surface area contributed by atoms with Crippen molar-refractivity contribution in [3.63, 3.8) is 0 Å². The van der Waals surface area contributed by atoms with Gasteiger partial charge in [-0.05, 0) is 44.0 Å². The first-order valence-electron chi connectivity index (χ1n) is 10.9. The van der Waals surface area contributed by atoms with E-state index in [0.29, 0.717) is 11.1 Å². The number of ether oxygens (including phenoxy) is 2. The van der Waals surface area contributed by atoms with Crippen LogP contribution < -0.4 is 11.2 Å². The van der Waals surface area contributed by atoms with Crippen molar-refractivity contribution in [2.45, 2.75) is 58.3 Å². The van der Waals surface area contributed by atoms with Gasteiger partial charge in [0.05, 0.1) is 37.0 Å². The molecule has 2 heterocycles. The van der Waals surface area contributed by atoms with Gasteiger partial charge in [-0.3, -0.25) is 23.4 Å². The Kier molecular flexibility index (Phi) is 8.85. The third-order valence-corrected chi connectivity index (χ3v) is 6.12. The number of rotatable bonds is 10. The molecular weight excluding hydrogens is 497 g/mol. The summed E-state index contributed by atoms with van der Waals surface area (Å²) in [6.45, 7) is 4.22. The molecule has 0 bridgehead atoms. The van der Waals surface area contributed by atoms with E-state index in [9.17, 15) is 23.8 Å². The van der Waals surface area contributed by atoms with Crippen molar-refractivity contribution in [1.82, 2.24) is 9.55 Å². The van der Waals surface area contributed by atoms with Crippen molar-refractivity contribution in [3.05, 3.63) is 78.4 Å². The van der Waals surface area contributed by atoms with Gasteiger partial charge in [0.25, 0.3) is 5.56 Å². The van der Waals surface area contributed by atoms with Gasteiger partial charge < -0.3 is 14.4 Å². The number of aromatic amines is 1. The molecule has 14 nitrogen and oxygen atoms in total. The van der Waals surface area contributed by atoms with E-state index >= 15 is 0 Å². The normalized spacial score (nSPS) is 21.1. The highest BCUT2D eigenvalue weighted by atomic mass is 31.2. The fourth-order valence-electron chi connectivity index (χ4n) is 3.40. The van der Waals surface area contributed by atoms with E-state index in [0.717, 1.165) is 4.57 Å². The van der Waals surface area contributed by atoms with Crippen LogP contribution in [-0.2, 0) is 29.7 Å². The average molecular weight is 523 g/mol. The zero-order chi connectivity index (χ0) is 26.5. The lowest BCUT2D eigenvalue weighted by Gasteiger charge is -2.18. The number of phosphoric ester groups is 1. The first-order valence-corrected chi connectivity index (χ1v) is 12.4. The van der Waals surface area contributed by atoms with E-state index < -0.39 is 50.0 Å². The predicted octanol–water partition coefficient (Wildman–Crippen LogP) is 2.71. The van der Waals surface area contributed by atoms with Gasteiger partial charge in [0, 0.05) is 23.1 Å². The van der Waals surface area contributed by atoms with Crippen LogP contribution in [0.2, 0.25) is 0 Å². The number of hydrogen-bond acceptors (Lipinski definition) is 9. The molecular formula is C21H26N5O9P. The van der Waals surface area contributed by atoms with E-state index in [2.05, 4.69) is 15.0 Å². The molecule has 2 N–H and O–H groups in total. The molecule has 0 amide bonds. The molecule has 1 aromatic carbocycles. The van der Waals surface area contributed by atoms with Gasteiger partial charge in [-0.15, -0.1) is 0 Å². The number of aromatic nitrogens is 2. The fraction of sp³-hybridized carbons (Fsp3) is 0.476. The molecule has 4 atom stereocenters. The van der Waals surface area contributed by atoms with Gasteiger partial charge in [0.2, 0.25) is 0 Å². The van der Waals surface area contributed by atoms with Crippen LogP contribution in [0.25, 0.3) is 10.4 Å². The Labute approximate surface area is 205 Å². The van der Waals surface area contributed by atoms with Crippen LogP contribution in [0.1, 0.15) is 48.0 Å². The number of nitrogens with zero attached hydrogens (tertiary/aromatic N) is 4. The lowest BCUT2D eigenvalue weighted by Crippen LogP contribution is -2.33. The van der Waals surface area contributed by atoms with Gasteiger partial charge in [0.1, 0.15) is 6.23 Å². The predicted molar refractivity (Wildman–Crippen MR) is 125 cm³/mol. The quantitative estimate of drug-likeness (QED) is 0.155. The number of benzene rings is 1. The number of H-pyrrole nitrogens is 1. The number of hydrogen-bond donors (Lipinski definition) is 2. The van der Waals surface area contributed by atoms with Crippen LogP contribution in [0, 0.1) is 6.92 Å². The summed E-state index contributed by atoms with van der Waals surface area (Å²) in [6, 6.07) is 5.29. The first-order chi connectivity index (χ1) is 17.0. The Morgan fingerprint density at radius 3 is 2.67 bits per heavy atom. The average Bonchev–Trinajstić information content (AvgIpc) is 3.21. The van der Waals surface area contributed by atoms with Crippen LogP contribution in [0.3, 0.4) is 0 Å². The molecule has 3 rings (SSSR count). The number of aryl methyl sites for hydroxylation is 1. The third-order valence-electron chi connectivity index (χ3n) is 5.19. The van der Waals surface area contributed by atoms with Crippen molar-refractivity contribution in [3.8, 4) is 0 Å². The van der Waals surface area contributed by atoms with Crippen LogP contribution in [-0.4, -0.2) is 45.3 Å². The maximum Gasteiger partial charge on any atom is 0.472 e. The number of carbonyl (C=O) groups is 1. The van der Waals surface area contributed by atoms with Gasteiger partial charge in [-0.25, -0.2) is 14.2 Å². The zero-order valence-corrected chi connectivity index (χ0v) is 20.7. The Bertz CT molecular complexity index is 1300. The molecule has 0 spiro atoms. The number of nitrogens with one attached hydrogen (secondary N) is 1. The molecule has 194 valence electrons. The highest BCUT2D eigenvalue weighted by molar-refractivity contribution is 7.47. The minimum Gasteiger partial charge on any atom is -0.459 e. The molecule has 1 saturated heterocycles. The van der Waals surface area contributed by atoms with Gasteiger partial charge >= 0.3 is 19.5 Å². The van der Waals surface area contributed by atoms with Crippen molar-refractivity contribution in [1.29, 1.82) is 0 Å². The molecule has 2 aromatic rings. The first kappa shape index (κ1) is 27.3. The maximum absolute atomic E-state index is 12.4. The van der Waals surface area contributed by atoms with Crippen molar-refractivity contribution < 1.29 is 32.8 Å². The minimum atomic E-state index is -4.54. The lowest BCUT2D eigenvalue weighted by molar-refractivity contribution is -0.0287. The summed E-state index contributed by atoms with van der Waals surface area (Å²) >= 11 is 0. The van der Waals surface area contributed by atoms with Crippen molar-refractivity contribution in [2.75, 3.05) is 6.61 Å². The van der Waals surface area contributed by atoms with Crippen molar-refractivity contribution >= 4 is 13.8 Å². The Balaban J connectivity index is 1.59. The van der Waals surface area contributed by atoms with Crippen LogP contribution >= 0.6 is 7.82 Å². The summed E-state index contributed by atoms with van der Waals surface area (Å²) in [6.07, 6.45) is -0.725. The summed E-state index contributed by atoms with van der Waals surface area (Å²) in [7, 11) is -4.54. The molecule has 36 heavy (non-hydrogen) atoms. The summed E-state index contributed by atoms with van der Waals surface area (Å²) in [4.78, 5) is 50.6. The van der Waals surface area contributed by atoms with E-state index in [-0.39, 0.29) is 24.7 Å². The van der Waals surface area contributed by atoms with E-state index in [1.807, 2.05) is 0 Å². The standard InChI is InChI=1S/C21H26N5O9P/c1-12(2)34-20(28)15-6-4-14(5-7-15)10-32-36(30,31)33-11-17-16(24-25-22)8-18(35-17)26-9-13(3)19(27)23-21(26)29/h4-7,9,12,16-18H,8,10-11H2,1-3H3,(H,30,31)(H,23,27,29)/t16-,17+,18+/m0/s1. The number of esters is 1. The highest BCUT2D eigenvalue weighted by Crippen LogP contribution is 2.45. The largest absolute Gasteiger partial charge is 0.472 e.